The van der Waals surface area contributed by atoms with Crippen molar-refractivity contribution < 1.29 is 14.3 Å². The van der Waals surface area contributed by atoms with Crippen molar-refractivity contribution in [2.75, 3.05) is 28.7 Å². The zero-order chi connectivity index (χ0) is 20.5. The van der Waals surface area contributed by atoms with Crippen LogP contribution in [0, 0.1) is 0 Å². The highest BCUT2D eigenvalue weighted by Gasteiger charge is 2.23. The molecule has 0 saturated heterocycles. The summed E-state index contributed by atoms with van der Waals surface area (Å²) in [6.45, 7) is 0.570. The number of para-hydroxylation sites is 2. The predicted molar refractivity (Wildman–Crippen MR) is 118 cm³/mol. The largest absolute Gasteiger partial charge is 0.482 e. The van der Waals surface area contributed by atoms with Crippen LogP contribution in [0.1, 0.15) is 6.42 Å². The molecule has 0 aromatic heterocycles. The second kappa shape index (κ2) is 7.76. The van der Waals surface area contributed by atoms with Crippen molar-refractivity contribution in [3.63, 3.8) is 0 Å². The van der Waals surface area contributed by atoms with E-state index in [2.05, 4.69) is 39.8 Å². The van der Waals surface area contributed by atoms with E-state index < -0.39 is 0 Å². The van der Waals surface area contributed by atoms with E-state index in [1.165, 1.54) is 9.79 Å². The van der Waals surface area contributed by atoms with Crippen LogP contribution in [0.3, 0.4) is 0 Å². The third-order valence-electron chi connectivity index (χ3n) is 4.99. The Labute approximate surface area is 178 Å². The van der Waals surface area contributed by atoms with Gasteiger partial charge in [0.15, 0.2) is 6.61 Å². The number of benzene rings is 3. The summed E-state index contributed by atoms with van der Waals surface area (Å²) in [4.78, 5) is 28.7. The molecular formula is C23H19N3O3S. The van der Waals surface area contributed by atoms with E-state index in [0.717, 1.165) is 11.4 Å². The summed E-state index contributed by atoms with van der Waals surface area (Å²) < 4.78 is 5.36. The van der Waals surface area contributed by atoms with Crippen LogP contribution in [0.2, 0.25) is 0 Å². The standard InChI is InChI=1S/C23H19N3O3S/c27-22(24-15-9-10-19-16(13-15)25-23(28)14-29-19)11-12-26-17-5-1-3-7-20(17)30-21-8-4-2-6-18(21)26/h1-10,13H,11-12,14H2,(H,24,27)(H,25,28). The third kappa shape index (κ3) is 3.59. The third-order valence-corrected chi connectivity index (χ3v) is 6.12. The Balaban J connectivity index is 1.30. The van der Waals surface area contributed by atoms with Gasteiger partial charge in [0.2, 0.25) is 5.91 Å². The Kier molecular flexibility index (Phi) is 4.80. The number of fused-ring (bicyclic) bond motifs is 3. The molecule has 2 heterocycles. The van der Waals surface area contributed by atoms with Crippen molar-refractivity contribution in [3.8, 4) is 5.75 Å². The van der Waals surface area contributed by atoms with Gasteiger partial charge in [-0.15, -0.1) is 0 Å². The lowest BCUT2D eigenvalue weighted by atomic mass is 10.2. The monoisotopic (exact) mass is 417 g/mol. The fourth-order valence-corrected chi connectivity index (χ4v) is 4.72. The summed E-state index contributed by atoms with van der Waals surface area (Å²) >= 11 is 1.75. The first-order valence-corrected chi connectivity index (χ1v) is 10.5. The molecule has 2 amide bonds. The van der Waals surface area contributed by atoms with Crippen LogP contribution in [-0.4, -0.2) is 25.0 Å². The molecule has 0 radical (unpaired) electrons. The van der Waals surface area contributed by atoms with E-state index in [-0.39, 0.29) is 18.4 Å². The summed E-state index contributed by atoms with van der Waals surface area (Å²) in [7, 11) is 0. The SMILES string of the molecule is O=C(CCN1c2ccccc2Sc2ccccc21)Nc1ccc2c(c1)NC(=O)CO2. The smallest absolute Gasteiger partial charge is 0.262 e. The van der Waals surface area contributed by atoms with Crippen LogP contribution in [0.15, 0.2) is 76.5 Å². The highest BCUT2D eigenvalue weighted by molar-refractivity contribution is 7.99. The molecule has 2 N–H and O–H groups in total. The van der Waals surface area contributed by atoms with Crippen LogP contribution < -0.4 is 20.3 Å². The summed E-state index contributed by atoms with van der Waals surface area (Å²) in [5, 5.41) is 5.67. The maximum absolute atomic E-state index is 12.6. The summed E-state index contributed by atoms with van der Waals surface area (Å²) in [6, 6.07) is 21.7. The zero-order valence-electron chi connectivity index (χ0n) is 16.1. The molecule has 3 aromatic rings. The molecule has 0 fully saturated rings. The van der Waals surface area contributed by atoms with Crippen LogP contribution in [-0.2, 0) is 9.59 Å². The molecule has 150 valence electrons. The van der Waals surface area contributed by atoms with Crippen molar-refractivity contribution in [3.05, 3.63) is 66.7 Å². The van der Waals surface area contributed by atoms with Crippen LogP contribution >= 0.6 is 11.8 Å². The van der Waals surface area contributed by atoms with Crippen LogP contribution in [0.5, 0.6) is 5.75 Å². The lowest BCUT2D eigenvalue weighted by Crippen LogP contribution is -2.26. The van der Waals surface area contributed by atoms with Gasteiger partial charge in [-0.05, 0) is 42.5 Å². The molecule has 6 nitrogen and oxygen atoms in total. The summed E-state index contributed by atoms with van der Waals surface area (Å²) in [5.74, 6) is 0.309. The van der Waals surface area contributed by atoms with Crippen molar-refractivity contribution in [2.24, 2.45) is 0 Å². The molecular weight excluding hydrogens is 398 g/mol. The molecule has 0 bridgehead atoms. The lowest BCUT2D eigenvalue weighted by Gasteiger charge is -2.32. The van der Waals surface area contributed by atoms with Gasteiger partial charge in [-0.1, -0.05) is 36.0 Å². The maximum Gasteiger partial charge on any atom is 0.262 e. The molecule has 7 heteroatoms. The number of rotatable bonds is 4. The van der Waals surface area contributed by atoms with Crippen molar-refractivity contribution in [2.45, 2.75) is 16.2 Å². The van der Waals surface area contributed by atoms with Crippen molar-refractivity contribution in [1.82, 2.24) is 0 Å². The van der Waals surface area contributed by atoms with Gasteiger partial charge >= 0.3 is 0 Å². The minimum Gasteiger partial charge on any atom is -0.482 e. The van der Waals surface area contributed by atoms with Crippen LogP contribution in [0.25, 0.3) is 0 Å². The van der Waals surface area contributed by atoms with E-state index in [1.807, 2.05) is 24.3 Å². The number of nitrogens with one attached hydrogen (secondary N) is 2. The lowest BCUT2D eigenvalue weighted by molar-refractivity contribution is -0.118. The molecule has 0 atom stereocenters. The number of nitrogens with zero attached hydrogens (tertiary/aromatic N) is 1. The van der Waals surface area contributed by atoms with Gasteiger partial charge in [0.05, 0.1) is 17.1 Å². The molecule has 0 aliphatic carbocycles. The zero-order valence-corrected chi connectivity index (χ0v) is 16.9. The van der Waals surface area contributed by atoms with E-state index in [9.17, 15) is 9.59 Å². The second-order valence-corrected chi connectivity index (χ2v) is 8.12. The normalized spacial score (nSPS) is 14.0. The number of carbonyl (C=O) groups is 2. The maximum atomic E-state index is 12.6. The Bertz CT molecular complexity index is 1100. The average Bonchev–Trinajstić information content (AvgIpc) is 2.76. The van der Waals surface area contributed by atoms with Gasteiger partial charge in [-0.3, -0.25) is 9.59 Å². The number of amides is 2. The summed E-state index contributed by atoms with van der Waals surface area (Å²) in [6.07, 6.45) is 0.327. The Hall–Kier alpha value is -3.45. The Morgan fingerprint density at radius 1 is 1.03 bits per heavy atom. The molecule has 5 rings (SSSR count). The fourth-order valence-electron chi connectivity index (χ4n) is 3.62. The van der Waals surface area contributed by atoms with Crippen molar-refractivity contribution >= 4 is 46.3 Å². The number of hydrogen-bond acceptors (Lipinski definition) is 5. The molecule has 3 aromatic carbocycles. The quantitative estimate of drug-likeness (QED) is 0.647. The van der Waals surface area contributed by atoms with Gasteiger partial charge in [-0.2, -0.15) is 0 Å². The molecule has 2 aliphatic rings. The number of anilines is 4. The minimum atomic E-state index is -0.203. The highest BCUT2D eigenvalue weighted by Crippen LogP contribution is 2.47. The first-order chi connectivity index (χ1) is 14.7. The van der Waals surface area contributed by atoms with E-state index >= 15 is 0 Å². The number of hydrogen-bond donors (Lipinski definition) is 2. The predicted octanol–water partition coefficient (Wildman–Crippen LogP) is 4.65. The highest BCUT2D eigenvalue weighted by atomic mass is 32.2. The number of ether oxygens (including phenoxy) is 1. The van der Waals surface area contributed by atoms with Gasteiger partial charge in [-0.25, -0.2) is 0 Å². The van der Waals surface area contributed by atoms with E-state index in [4.69, 9.17) is 4.74 Å². The first-order valence-electron chi connectivity index (χ1n) is 9.67. The van der Waals surface area contributed by atoms with Crippen LogP contribution in [0.4, 0.5) is 22.7 Å². The molecule has 0 spiro atoms. The molecule has 0 unspecified atom stereocenters. The van der Waals surface area contributed by atoms with Gasteiger partial charge in [0.1, 0.15) is 5.75 Å². The van der Waals surface area contributed by atoms with E-state index in [0.29, 0.717) is 30.1 Å². The first kappa shape index (κ1) is 18.6. The Morgan fingerprint density at radius 3 is 2.47 bits per heavy atom. The summed E-state index contributed by atoms with van der Waals surface area (Å²) in [5.41, 5.74) is 3.42. The Morgan fingerprint density at radius 2 is 1.73 bits per heavy atom. The average molecular weight is 417 g/mol. The molecule has 0 saturated carbocycles. The van der Waals surface area contributed by atoms with Gasteiger partial charge in [0, 0.05) is 28.4 Å². The topological polar surface area (TPSA) is 70.7 Å². The molecule has 30 heavy (non-hydrogen) atoms. The minimum absolute atomic E-state index is 0.00970. The van der Waals surface area contributed by atoms with Gasteiger partial charge in [0.25, 0.3) is 5.91 Å². The fraction of sp³-hybridized carbons (Fsp3) is 0.130. The van der Waals surface area contributed by atoms with E-state index in [1.54, 1.807) is 30.0 Å². The number of carbonyl (C=O) groups excluding carboxylic acids is 2. The van der Waals surface area contributed by atoms with Crippen molar-refractivity contribution in [1.29, 1.82) is 0 Å². The molecule has 2 aliphatic heterocycles. The second-order valence-electron chi connectivity index (χ2n) is 7.04. The van der Waals surface area contributed by atoms with Gasteiger partial charge < -0.3 is 20.3 Å².